The zero-order valence-electron chi connectivity index (χ0n) is 17.9. The fourth-order valence-electron chi connectivity index (χ4n) is 3.44. The third-order valence-corrected chi connectivity index (χ3v) is 5.96. The van der Waals surface area contributed by atoms with Crippen molar-refractivity contribution in [3.8, 4) is 16.9 Å². The van der Waals surface area contributed by atoms with Crippen molar-refractivity contribution in [3.05, 3.63) is 88.6 Å². The number of amides is 2. The van der Waals surface area contributed by atoms with Crippen LogP contribution >= 0.6 is 11.3 Å². The number of rotatable bonds is 7. The SMILES string of the molecule is CC(=O)N[C@@H](CC(=O)Nc1cc(-c2ccc(C)cc2)nn1-c1ccccc1)c1cccs1. The zero-order valence-corrected chi connectivity index (χ0v) is 18.7. The van der Waals surface area contributed by atoms with Crippen LogP contribution < -0.4 is 10.6 Å². The van der Waals surface area contributed by atoms with Crippen LogP contribution in [0.1, 0.15) is 29.8 Å². The maximum absolute atomic E-state index is 13.0. The second-order valence-electron chi connectivity index (χ2n) is 7.55. The lowest BCUT2D eigenvalue weighted by Gasteiger charge is -2.16. The topological polar surface area (TPSA) is 76.0 Å². The number of hydrogen-bond acceptors (Lipinski definition) is 4. The third-order valence-electron chi connectivity index (χ3n) is 4.98. The lowest BCUT2D eigenvalue weighted by Crippen LogP contribution is -2.29. The summed E-state index contributed by atoms with van der Waals surface area (Å²) in [5, 5.41) is 12.5. The Hall–Kier alpha value is -3.71. The summed E-state index contributed by atoms with van der Waals surface area (Å²) in [5.74, 6) is 0.196. The first-order valence-electron chi connectivity index (χ1n) is 10.3. The highest BCUT2D eigenvalue weighted by Gasteiger charge is 2.20. The van der Waals surface area contributed by atoms with Gasteiger partial charge in [-0.05, 0) is 30.5 Å². The summed E-state index contributed by atoms with van der Waals surface area (Å²) in [6, 6.07) is 23.1. The molecule has 2 aromatic heterocycles. The standard InChI is InChI=1S/C25H24N4O2S/c1-17-10-12-19(13-11-17)21-15-24(29(28-21)20-7-4-3-5-8-20)27-25(31)16-22(26-18(2)30)23-9-6-14-32-23/h3-15,22H,16H2,1-2H3,(H,26,30)(H,27,31)/t22-/m0/s1. The highest BCUT2D eigenvalue weighted by molar-refractivity contribution is 7.10. The van der Waals surface area contributed by atoms with E-state index < -0.39 is 0 Å². The molecule has 0 aliphatic carbocycles. The first-order valence-corrected chi connectivity index (χ1v) is 11.2. The van der Waals surface area contributed by atoms with Crippen molar-refractivity contribution in [1.82, 2.24) is 15.1 Å². The fourth-order valence-corrected chi connectivity index (χ4v) is 4.22. The molecule has 0 bridgehead atoms. The molecule has 2 aromatic carbocycles. The van der Waals surface area contributed by atoms with Crippen LogP contribution in [0.15, 0.2) is 78.2 Å². The molecule has 0 spiro atoms. The zero-order chi connectivity index (χ0) is 22.5. The Bertz CT molecular complexity index is 1200. The van der Waals surface area contributed by atoms with Gasteiger partial charge in [-0.2, -0.15) is 5.10 Å². The number of thiophene rings is 1. The van der Waals surface area contributed by atoms with Crippen molar-refractivity contribution in [2.24, 2.45) is 0 Å². The fraction of sp³-hybridized carbons (Fsp3) is 0.160. The van der Waals surface area contributed by atoms with Crippen molar-refractivity contribution in [2.45, 2.75) is 26.3 Å². The predicted octanol–water partition coefficient (Wildman–Crippen LogP) is 5.12. The van der Waals surface area contributed by atoms with Gasteiger partial charge in [0.05, 0.1) is 23.8 Å². The monoisotopic (exact) mass is 444 g/mol. The van der Waals surface area contributed by atoms with E-state index in [0.717, 1.165) is 21.8 Å². The van der Waals surface area contributed by atoms with Crippen LogP contribution in [-0.2, 0) is 9.59 Å². The molecule has 7 heteroatoms. The molecule has 2 amide bonds. The number of aromatic nitrogens is 2. The van der Waals surface area contributed by atoms with Gasteiger partial charge in [0, 0.05) is 23.4 Å². The van der Waals surface area contributed by atoms with Crippen molar-refractivity contribution in [2.75, 3.05) is 5.32 Å². The molecule has 0 saturated heterocycles. The summed E-state index contributed by atoms with van der Waals surface area (Å²) in [6.07, 6.45) is 0.125. The van der Waals surface area contributed by atoms with Gasteiger partial charge in [-0.3, -0.25) is 9.59 Å². The van der Waals surface area contributed by atoms with Gasteiger partial charge in [0.25, 0.3) is 0 Å². The highest BCUT2D eigenvalue weighted by Crippen LogP contribution is 2.27. The second-order valence-corrected chi connectivity index (χ2v) is 8.53. The van der Waals surface area contributed by atoms with Gasteiger partial charge in [0.15, 0.2) is 0 Å². The van der Waals surface area contributed by atoms with Crippen LogP contribution in [0.3, 0.4) is 0 Å². The van der Waals surface area contributed by atoms with Crippen LogP contribution in [0.2, 0.25) is 0 Å². The maximum atomic E-state index is 13.0. The van der Waals surface area contributed by atoms with Crippen LogP contribution in [0.25, 0.3) is 16.9 Å². The van der Waals surface area contributed by atoms with E-state index >= 15 is 0 Å². The van der Waals surface area contributed by atoms with Gasteiger partial charge < -0.3 is 10.6 Å². The van der Waals surface area contributed by atoms with Crippen LogP contribution in [-0.4, -0.2) is 21.6 Å². The van der Waals surface area contributed by atoms with E-state index in [2.05, 4.69) is 10.6 Å². The molecule has 1 atom stereocenters. The summed E-state index contributed by atoms with van der Waals surface area (Å²) in [5.41, 5.74) is 3.75. The largest absolute Gasteiger partial charge is 0.348 e. The molecule has 4 aromatic rings. The molecule has 0 aliphatic heterocycles. The van der Waals surface area contributed by atoms with E-state index in [1.807, 2.05) is 85.1 Å². The highest BCUT2D eigenvalue weighted by atomic mass is 32.1. The van der Waals surface area contributed by atoms with Crippen LogP contribution in [0, 0.1) is 6.92 Å². The Morgan fingerprint density at radius 1 is 1.03 bits per heavy atom. The van der Waals surface area contributed by atoms with Gasteiger partial charge in [-0.15, -0.1) is 11.3 Å². The van der Waals surface area contributed by atoms with Crippen molar-refractivity contribution < 1.29 is 9.59 Å². The lowest BCUT2D eigenvalue weighted by molar-refractivity contribution is -0.120. The molecule has 0 fully saturated rings. The number of hydrogen-bond donors (Lipinski definition) is 2. The molecule has 0 saturated carbocycles. The normalized spacial score (nSPS) is 11.7. The summed E-state index contributed by atoms with van der Waals surface area (Å²) in [4.78, 5) is 25.6. The molecule has 4 rings (SSSR count). The van der Waals surface area contributed by atoms with E-state index in [0.29, 0.717) is 5.82 Å². The minimum atomic E-state index is -0.378. The van der Waals surface area contributed by atoms with Crippen molar-refractivity contribution in [1.29, 1.82) is 0 Å². The number of nitrogens with one attached hydrogen (secondary N) is 2. The first kappa shape index (κ1) is 21.5. The molecule has 32 heavy (non-hydrogen) atoms. The molecule has 0 unspecified atom stereocenters. The Morgan fingerprint density at radius 2 is 1.78 bits per heavy atom. The van der Waals surface area contributed by atoms with Gasteiger partial charge in [0.2, 0.25) is 11.8 Å². The number of carbonyl (C=O) groups excluding carboxylic acids is 2. The van der Waals surface area contributed by atoms with Gasteiger partial charge >= 0.3 is 0 Å². The summed E-state index contributed by atoms with van der Waals surface area (Å²) < 4.78 is 1.73. The Morgan fingerprint density at radius 3 is 2.44 bits per heavy atom. The lowest BCUT2D eigenvalue weighted by atomic mass is 10.1. The Kier molecular flexibility index (Phi) is 6.47. The Labute approximate surface area is 190 Å². The molecular formula is C25H24N4O2S. The van der Waals surface area contributed by atoms with Crippen molar-refractivity contribution in [3.63, 3.8) is 0 Å². The second kappa shape index (κ2) is 9.62. The average Bonchev–Trinajstić information content (AvgIpc) is 3.45. The molecule has 2 heterocycles. The third kappa shape index (κ3) is 5.12. The number of para-hydroxylation sites is 1. The van der Waals surface area contributed by atoms with Crippen molar-refractivity contribution >= 4 is 29.0 Å². The first-order chi connectivity index (χ1) is 15.5. The number of anilines is 1. The maximum Gasteiger partial charge on any atom is 0.227 e. The summed E-state index contributed by atoms with van der Waals surface area (Å²) >= 11 is 1.51. The average molecular weight is 445 g/mol. The van der Waals surface area contributed by atoms with E-state index in [4.69, 9.17) is 5.10 Å². The molecule has 0 aliphatic rings. The van der Waals surface area contributed by atoms with E-state index in [-0.39, 0.29) is 24.3 Å². The minimum Gasteiger partial charge on any atom is -0.348 e. The van der Waals surface area contributed by atoms with Crippen LogP contribution in [0.5, 0.6) is 0 Å². The number of benzene rings is 2. The van der Waals surface area contributed by atoms with E-state index in [9.17, 15) is 9.59 Å². The number of nitrogens with zero attached hydrogens (tertiary/aromatic N) is 2. The smallest absolute Gasteiger partial charge is 0.227 e. The van der Waals surface area contributed by atoms with Gasteiger partial charge in [0.1, 0.15) is 5.82 Å². The molecule has 0 radical (unpaired) electrons. The molecule has 2 N–H and O–H groups in total. The quantitative estimate of drug-likeness (QED) is 0.416. The number of carbonyl (C=O) groups is 2. The van der Waals surface area contributed by atoms with E-state index in [1.54, 1.807) is 4.68 Å². The summed E-state index contributed by atoms with van der Waals surface area (Å²) in [6.45, 7) is 3.49. The summed E-state index contributed by atoms with van der Waals surface area (Å²) in [7, 11) is 0. The number of aryl methyl sites for hydroxylation is 1. The Balaban J connectivity index is 1.62. The molecular weight excluding hydrogens is 420 g/mol. The predicted molar refractivity (Wildman–Crippen MR) is 128 cm³/mol. The van der Waals surface area contributed by atoms with Gasteiger partial charge in [-0.25, -0.2) is 4.68 Å². The van der Waals surface area contributed by atoms with Gasteiger partial charge in [-0.1, -0.05) is 54.1 Å². The van der Waals surface area contributed by atoms with E-state index in [1.165, 1.54) is 23.8 Å². The molecule has 162 valence electrons. The molecule has 6 nitrogen and oxygen atoms in total. The van der Waals surface area contributed by atoms with Crippen LogP contribution in [0.4, 0.5) is 5.82 Å². The minimum absolute atomic E-state index is 0.125.